The van der Waals surface area contributed by atoms with Crippen LogP contribution in [0.2, 0.25) is 0 Å². The second-order valence-electron chi connectivity index (χ2n) is 1.97. The third-order valence-electron chi connectivity index (χ3n) is 0.917. The Bertz CT molecular complexity index is 194. The minimum atomic E-state index is -3.32. The summed E-state index contributed by atoms with van der Waals surface area (Å²) in [6.07, 6.45) is 5.33. The van der Waals surface area contributed by atoms with Crippen LogP contribution in [-0.2, 0) is 9.05 Å². The zero-order valence-electron chi connectivity index (χ0n) is 5.88. The summed E-state index contributed by atoms with van der Waals surface area (Å²) in [5.41, 5.74) is 0. The third-order valence-corrected chi connectivity index (χ3v) is 1.89. The fourth-order valence-corrected chi connectivity index (χ4v) is 1.05. The monoisotopic (exact) mass is 182 g/mol. The van der Waals surface area contributed by atoms with Crippen LogP contribution >= 0.6 is 10.7 Å². The quantitative estimate of drug-likeness (QED) is 0.492. The molecule has 0 heterocycles. The molecule has 0 aliphatic rings. The van der Waals surface area contributed by atoms with Gasteiger partial charge in [0.1, 0.15) is 0 Å². The molecule has 10 heavy (non-hydrogen) atoms. The van der Waals surface area contributed by atoms with Crippen LogP contribution in [0.25, 0.3) is 0 Å². The largest absolute Gasteiger partial charge is 0.236 e. The van der Waals surface area contributed by atoms with Crippen LogP contribution in [0.5, 0.6) is 0 Å². The summed E-state index contributed by atoms with van der Waals surface area (Å²) in [4.78, 5) is 0. The molecule has 4 heteroatoms. The van der Waals surface area contributed by atoms with Crippen LogP contribution in [0.4, 0.5) is 0 Å². The smallest absolute Gasteiger partial charge is 0.212 e. The minimum Gasteiger partial charge on any atom is -0.212 e. The first kappa shape index (κ1) is 9.98. The fraction of sp³-hybridized carbons (Fsp3) is 0.667. The second kappa shape index (κ2) is 4.74. The Morgan fingerprint density at radius 2 is 2.00 bits per heavy atom. The predicted octanol–water partition coefficient (Wildman–Crippen LogP) is 1.91. The Morgan fingerprint density at radius 3 is 2.40 bits per heavy atom. The molecule has 0 bridgehead atoms. The summed E-state index contributed by atoms with van der Waals surface area (Å²) < 4.78 is 20.6. The van der Waals surface area contributed by atoms with Gasteiger partial charge in [0.15, 0.2) is 0 Å². The maximum Gasteiger partial charge on any atom is 0.236 e. The molecule has 60 valence electrons. The molecule has 0 N–H and O–H groups in total. The highest BCUT2D eigenvalue weighted by atomic mass is 35.7. The molecule has 0 saturated heterocycles. The summed E-state index contributed by atoms with van der Waals surface area (Å²) in [7, 11) is 1.61. The van der Waals surface area contributed by atoms with Gasteiger partial charge in [-0.3, -0.25) is 0 Å². The van der Waals surface area contributed by atoms with Gasteiger partial charge in [-0.05, 0) is 6.42 Å². The number of halogens is 1. The van der Waals surface area contributed by atoms with Crippen molar-refractivity contribution in [3.8, 4) is 0 Å². The molecular weight excluding hydrogens is 172 g/mol. The molecule has 0 amide bonds. The van der Waals surface area contributed by atoms with Gasteiger partial charge < -0.3 is 0 Å². The molecule has 0 radical (unpaired) electrons. The molecule has 2 nitrogen and oxygen atoms in total. The highest BCUT2D eigenvalue weighted by Crippen LogP contribution is 1.97. The van der Waals surface area contributed by atoms with Crippen molar-refractivity contribution in [2.24, 2.45) is 0 Å². The van der Waals surface area contributed by atoms with Gasteiger partial charge in [-0.15, -0.1) is 0 Å². The van der Waals surface area contributed by atoms with Gasteiger partial charge >= 0.3 is 0 Å². The number of rotatable bonds is 4. The maximum atomic E-state index is 10.3. The van der Waals surface area contributed by atoms with E-state index in [1.165, 1.54) is 0 Å². The highest BCUT2D eigenvalue weighted by Gasteiger charge is 1.98. The summed E-state index contributed by atoms with van der Waals surface area (Å²) in [6, 6.07) is 0. The van der Waals surface area contributed by atoms with Crippen molar-refractivity contribution >= 4 is 19.7 Å². The Kier molecular flexibility index (Phi) is 4.73. The normalized spacial score (nSPS) is 12.6. The lowest BCUT2D eigenvalue weighted by molar-refractivity contribution is 0.612. The average Bonchev–Trinajstić information content (AvgIpc) is 1.78. The topological polar surface area (TPSA) is 34.1 Å². The molecule has 0 atom stereocenters. The third kappa shape index (κ3) is 7.98. The van der Waals surface area contributed by atoms with E-state index in [1.54, 1.807) is 6.08 Å². The summed E-state index contributed by atoms with van der Waals surface area (Å²) in [5, 5.41) is 0. The lowest BCUT2D eigenvalue weighted by Gasteiger charge is -1.85. The van der Waals surface area contributed by atoms with Gasteiger partial charge in [0.05, 0.1) is 5.75 Å². The molecule has 0 rings (SSSR count). The van der Waals surface area contributed by atoms with Crippen molar-refractivity contribution in [2.45, 2.75) is 19.8 Å². The van der Waals surface area contributed by atoms with E-state index >= 15 is 0 Å². The molecule has 0 aliphatic carbocycles. The van der Waals surface area contributed by atoms with Gasteiger partial charge in [0.2, 0.25) is 9.05 Å². The molecular formula is C6H11ClO2S. The van der Waals surface area contributed by atoms with Crippen LogP contribution in [0.15, 0.2) is 12.2 Å². The first-order valence-corrected chi connectivity index (χ1v) is 5.61. The Morgan fingerprint density at radius 1 is 1.40 bits per heavy atom. The summed E-state index contributed by atoms with van der Waals surface area (Å²) in [5.74, 6) is -0.0610. The molecule has 0 aromatic heterocycles. The average molecular weight is 183 g/mol. The molecule has 0 unspecified atom stereocenters. The van der Waals surface area contributed by atoms with E-state index in [-0.39, 0.29) is 5.75 Å². The van der Waals surface area contributed by atoms with Gasteiger partial charge in [0.25, 0.3) is 0 Å². The Hall–Kier alpha value is -0.0200. The number of hydrogen-bond donors (Lipinski definition) is 0. The van der Waals surface area contributed by atoms with E-state index in [0.29, 0.717) is 0 Å². The lowest BCUT2D eigenvalue weighted by atomic mass is 10.3. The van der Waals surface area contributed by atoms with Crippen molar-refractivity contribution in [1.29, 1.82) is 0 Å². The van der Waals surface area contributed by atoms with Gasteiger partial charge in [-0.2, -0.15) is 0 Å². The van der Waals surface area contributed by atoms with E-state index in [1.807, 2.05) is 13.0 Å². The molecule has 0 spiro atoms. The van der Waals surface area contributed by atoms with Gasteiger partial charge in [-0.1, -0.05) is 25.5 Å². The van der Waals surface area contributed by atoms with Crippen molar-refractivity contribution < 1.29 is 8.42 Å². The van der Waals surface area contributed by atoms with Gasteiger partial charge in [0, 0.05) is 10.7 Å². The first-order valence-electron chi connectivity index (χ1n) is 3.13. The lowest BCUT2D eigenvalue weighted by Crippen LogP contribution is -1.91. The number of unbranched alkanes of at least 4 members (excludes halogenated alkanes) is 1. The van der Waals surface area contributed by atoms with Crippen molar-refractivity contribution in [2.75, 3.05) is 5.75 Å². The molecule has 0 aromatic carbocycles. The van der Waals surface area contributed by atoms with Gasteiger partial charge in [-0.25, -0.2) is 8.42 Å². The van der Waals surface area contributed by atoms with Crippen molar-refractivity contribution in [3.63, 3.8) is 0 Å². The van der Waals surface area contributed by atoms with Crippen LogP contribution in [0, 0.1) is 0 Å². The van der Waals surface area contributed by atoms with E-state index in [0.717, 1.165) is 12.8 Å². The number of allylic oxidation sites excluding steroid dienone is 1. The molecule has 0 saturated carbocycles. The fourth-order valence-electron chi connectivity index (χ4n) is 0.467. The summed E-state index contributed by atoms with van der Waals surface area (Å²) in [6.45, 7) is 2.03. The van der Waals surface area contributed by atoms with Crippen LogP contribution in [-0.4, -0.2) is 14.2 Å². The zero-order valence-corrected chi connectivity index (χ0v) is 7.45. The van der Waals surface area contributed by atoms with Crippen LogP contribution in [0.1, 0.15) is 19.8 Å². The Labute approximate surface area is 66.3 Å². The summed E-state index contributed by atoms with van der Waals surface area (Å²) >= 11 is 0. The van der Waals surface area contributed by atoms with Crippen LogP contribution in [0.3, 0.4) is 0 Å². The second-order valence-corrected chi connectivity index (χ2v) is 4.79. The van der Waals surface area contributed by atoms with E-state index < -0.39 is 9.05 Å². The zero-order chi connectivity index (χ0) is 8.04. The predicted molar refractivity (Wildman–Crippen MR) is 43.7 cm³/mol. The first-order chi connectivity index (χ1) is 4.56. The SMILES string of the molecule is CCC/C=C/CS(=O)(=O)Cl. The standard InChI is InChI=1S/C6H11ClO2S/c1-2-3-4-5-6-10(7,8)9/h4-5H,2-3,6H2,1H3/b5-4+. The van der Waals surface area contributed by atoms with E-state index in [4.69, 9.17) is 10.7 Å². The molecule has 0 fully saturated rings. The molecule has 0 aromatic rings. The van der Waals surface area contributed by atoms with Crippen LogP contribution < -0.4 is 0 Å². The molecule has 0 aliphatic heterocycles. The van der Waals surface area contributed by atoms with E-state index in [2.05, 4.69) is 0 Å². The van der Waals surface area contributed by atoms with E-state index in [9.17, 15) is 8.42 Å². The Balaban J connectivity index is 3.55. The minimum absolute atomic E-state index is 0.0610. The van der Waals surface area contributed by atoms with Crippen molar-refractivity contribution in [1.82, 2.24) is 0 Å². The number of hydrogen-bond acceptors (Lipinski definition) is 2. The van der Waals surface area contributed by atoms with Crippen molar-refractivity contribution in [3.05, 3.63) is 12.2 Å². The maximum absolute atomic E-state index is 10.3. The highest BCUT2D eigenvalue weighted by molar-refractivity contribution is 8.13.